The van der Waals surface area contributed by atoms with Gasteiger partial charge in [0.2, 0.25) is 5.52 Å². The fraction of sp³-hybridized carbons (Fsp3) is 0.296. The largest absolute Gasteiger partial charge is 1.00 e. The van der Waals surface area contributed by atoms with Crippen LogP contribution in [0.25, 0.3) is 16.3 Å². The van der Waals surface area contributed by atoms with Crippen molar-refractivity contribution in [2.24, 2.45) is 0 Å². The van der Waals surface area contributed by atoms with Crippen LogP contribution in [-0.4, -0.2) is 35.0 Å². The summed E-state index contributed by atoms with van der Waals surface area (Å²) in [6.07, 6.45) is 10.5. The Labute approximate surface area is 238 Å². The molecule has 36 heavy (non-hydrogen) atoms. The number of thiazole rings is 1. The maximum Gasteiger partial charge on any atom is 0.262 e. The van der Waals surface area contributed by atoms with Gasteiger partial charge in [-0.2, -0.15) is 4.57 Å². The molecule has 2 heterocycles. The van der Waals surface area contributed by atoms with Gasteiger partial charge < -0.3 is 47.8 Å². The van der Waals surface area contributed by atoms with Gasteiger partial charge in [-0.15, -0.1) is 0 Å². The Morgan fingerprint density at radius 2 is 1.47 bits per heavy atom. The number of allylic oxidation sites excluding steroid dienone is 4. The van der Waals surface area contributed by atoms with E-state index < -0.39 is 0 Å². The minimum absolute atomic E-state index is 0. The van der Waals surface area contributed by atoms with E-state index in [1.807, 2.05) is 24.3 Å². The van der Waals surface area contributed by atoms with E-state index in [-0.39, 0.29) is 24.0 Å². The van der Waals surface area contributed by atoms with E-state index in [1.54, 1.807) is 51.5 Å². The van der Waals surface area contributed by atoms with Crippen LogP contribution in [0.5, 0.6) is 23.0 Å². The molecular weight excluding hydrogens is 607 g/mol. The summed E-state index contributed by atoms with van der Waals surface area (Å²) in [4.78, 5) is 3.45. The van der Waals surface area contributed by atoms with Crippen LogP contribution in [0.4, 0.5) is 5.69 Å². The first-order chi connectivity index (χ1) is 17.1. The predicted octanol–water partition coefficient (Wildman–Crippen LogP) is 3.29. The molecular formula is C27H31IN2O4S2. The van der Waals surface area contributed by atoms with Crippen molar-refractivity contribution in [3.63, 3.8) is 0 Å². The summed E-state index contributed by atoms with van der Waals surface area (Å²) in [5.41, 5.74) is 2.29. The average Bonchev–Trinajstić information content (AvgIpc) is 3.41. The second-order valence-corrected chi connectivity index (χ2v) is 9.75. The van der Waals surface area contributed by atoms with E-state index in [0.29, 0.717) is 0 Å². The standard InChI is InChI=1S/C27H31N2O4S2.HI/c1-7-28-18-14-20(30-3)22(32-5)16-24(18)34-26(28)12-10-9-11-13-27-29(8-2)19-15-21(31-4)23(33-6)17-25(19)35-27;/h9-17H,7-8H2,1-6H3;1H/q+1;/p-1. The molecule has 0 spiro atoms. The third-order valence-electron chi connectivity index (χ3n) is 5.81. The zero-order valence-electron chi connectivity index (χ0n) is 21.3. The molecule has 1 aliphatic heterocycles. The lowest BCUT2D eigenvalue weighted by Crippen LogP contribution is -3.00. The fourth-order valence-electron chi connectivity index (χ4n) is 4.10. The highest BCUT2D eigenvalue weighted by Crippen LogP contribution is 2.50. The number of methoxy groups -OCH3 is 4. The third-order valence-corrected chi connectivity index (χ3v) is 8.03. The number of hydrogen-bond acceptors (Lipinski definition) is 7. The highest BCUT2D eigenvalue weighted by Gasteiger charge is 2.26. The molecule has 0 bridgehead atoms. The number of ether oxygens (including phenoxy) is 4. The van der Waals surface area contributed by atoms with Gasteiger partial charge in [0.05, 0.1) is 45.2 Å². The number of anilines is 1. The van der Waals surface area contributed by atoms with Crippen LogP contribution in [0.15, 0.2) is 58.5 Å². The minimum Gasteiger partial charge on any atom is -1.00 e. The summed E-state index contributed by atoms with van der Waals surface area (Å²) >= 11 is 3.48. The van der Waals surface area contributed by atoms with Crippen molar-refractivity contribution < 1.29 is 47.5 Å². The molecule has 0 saturated carbocycles. The number of halogens is 1. The Balaban J connectivity index is 0.00000361. The summed E-state index contributed by atoms with van der Waals surface area (Å²) < 4.78 is 25.4. The summed E-state index contributed by atoms with van der Waals surface area (Å²) in [5.74, 6) is 2.98. The second-order valence-electron chi connectivity index (χ2n) is 7.63. The van der Waals surface area contributed by atoms with Gasteiger partial charge in [0.1, 0.15) is 11.2 Å². The maximum atomic E-state index is 5.49. The molecule has 0 atom stereocenters. The number of hydrogen-bond donors (Lipinski definition) is 0. The van der Waals surface area contributed by atoms with Gasteiger partial charge in [-0.3, -0.25) is 0 Å². The Morgan fingerprint density at radius 1 is 0.833 bits per heavy atom. The van der Waals surface area contributed by atoms with E-state index in [0.717, 1.165) is 47.3 Å². The molecule has 3 aromatic rings. The molecule has 0 unspecified atom stereocenters. The first-order valence-corrected chi connectivity index (χ1v) is 13.1. The Hall–Kier alpha value is -2.37. The van der Waals surface area contributed by atoms with Crippen LogP contribution < -0.4 is 52.4 Å². The lowest BCUT2D eigenvalue weighted by atomic mass is 10.2. The van der Waals surface area contributed by atoms with Crippen molar-refractivity contribution in [3.8, 4) is 23.0 Å². The molecule has 0 amide bonds. The lowest BCUT2D eigenvalue weighted by Gasteiger charge is -2.18. The van der Waals surface area contributed by atoms with Crippen LogP contribution in [-0.2, 0) is 6.54 Å². The van der Waals surface area contributed by atoms with Crippen LogP contribution >= 0.6 is 23.1 Å². The van der Waals surface area contributed by atoms with E-state index >= 15 is 0 Å². The zero-order chi connectivity index (χ0) is 24.9. The average molecular weight is 639 g/mol. The number of aryl methyl sites for hydroxylation is 1. The van der Waals surface area contributed by atoms with Crippen molar-refractivity contribution in [2.45, 2.75) is 25.3 Å². The van der Waals surface area contributed by atoms with Crippen LogP contribution in [0.2, 0.25) is 0 Å². The Morgan fingerprint density at radius 3 is 2.11 bits per heavy atom. The van der Waals surface area contributed by atoms with Gasteiger partial charge >= 0.3 is 0 Å². The van der Waals surface area contributed by atoms with Crippen molar-refractivity contribution in [1.82, 2.24) is 0 Å². The molecule has 192 valence electrons. The second kappa shape index (κ2) is 12.7. The molecule has 1 aromatic heterocycles. The fourth-order valence-corrected chi connectivity index (χ4v) is 6.40. The molecule has 0 aliphatic carbocycles. The van der Waals surface area contributed by atoms with E-state index in [2.05, 4.69) is 53.7 Å². The topological polar surface area (TPSA) is 44.0 Å². The quantitative estimate of drug-likeness (QED) is 0.204. The van der Waals surface area contributed by atoms with Crippen LogP contribution in [0, 0.1) is 0 Å². The highest BCUT2D eigenvalue weighted by molar-refractivity contribution is 8.03. The van der Waals surface area contributed by atoms with Crippen molar-refractivity contribution in [2.75, 3.05) is 39.9 Å². The van der Waals surface area contributed by atoms with Crippen molar-refractivity contribution in [1.29, 1.82) is 0 Å². The van der Waals surface area contributed by atoms with E-state index in [1.165, 1.54) is 19.6 Å². The molecule has 1 aliphatic rings. The first-order valence-electron chi connectivity index (χ1n) is 11.4. The Kier molecular flexibility index (Phi) is 9.98. The number of rotatable bonds is 9. The minimum atomic E-state index is 0. The van der Waals surface area contributed by atoms with Crippen LogP contribution in [0.3, 0.4) is 0 Å². The number of fused-ring (bicyclic) bond motifs is 2. The normalized spacial score (nSPS) is 14.1. The zero-order valence-corrected chi connectivity index (χ0v) is 25.1. The molecule has 0 radical (unpaired) electrons. The first kappa shape index (κ1) is 28.2. The van der Waals surface area contributed by atoms with Gasteiger partial charge in [0, 0.05) is 35.7 Å². The number of thioether (sulfide) groups is 1. The molecule has 0 saturated heterocycles. The molecule has 2 aromatic carbocycles. The summed E-state index contributed by atoms with van der Waals surface area (Å²) in [5, 5.41) is 2.35. The number of aromatic nitrogens is 1. The third kappa shape index (κ3) is 5.47. The molecule has 4 rings (SSSR count). The van der Waals surface area contributed by atoms with Crippen LogP contribution in [0.1, 0.15) is 18.9 Å². The van der Waals surface area contributed by atoms with Gasteiger partial charge in [0.15, 0.2) is 23.0 Å². The summed E-state index contributed by atoms with van der Waals surface area (Å²) in [7, 11) is 6.67. The predicted molar refractivity (Wildman–Crippen MR) is 145 cm³/mol. The molecule has 0 fully saturated rings. The highest BCUT2D eigenvalue weighted by atomic mass is 127. The Bertz CT molecular complexity index is 1320. The lowest BCUT2D eigenvalue weighted by molar-refractivity contribution is -0.665. The van der Waals surface area contributed by atoms with E-state index in [9.17, 15) is 0 Å². The van der Waals surface area contributed by atoms with Crippen molar-refractivity contribution in [3.05, 3.63) is 58.6 Å². The maximum absolute atomic E-state index is 5.49. The number of benzene rings is 2. The SMILES string of the molecule is CCN1C(=CC=CC=Cc2sc3cc(OC)c(OC)cc3[n+]2CC)Sc2cc(OC)c(OC)cc21.[I-]. The van der Waals surface area contributed by atoms with E-state index in [4.69, 9.17) is 18.9 Å². The summed E-state index contributed by atoms with van der Waals surface area (Å²) in [6.45, 7) is 6.05. The van der Waals surface area contributed by atoms with Gasteiger partial charge in [-0.25, -0.2) is 0 Å². The molecule has 6 nitrogen and oxygen atoms in total. The smallest absolute Gasteiger partial charge is 0.262 e. The van der Waals surface area contributed by atoms with Gasteiger partial charge in [-0.1, -0.05) is 41.3 Å². The van der Waals surface area contributed by atoms with Gasteiger partial charge in [0.25, 0.3) is 5.01 Å². The van der Waals surface area contributed by atoms with Gasteiger partial charge in [-0.05, 0) is 19.9 Å². The summed E-state index contributed by atoms with van der Waals surface area (Å²) in [6, 6.07) is 8.18. The monoisotopic (exact) mass is 638 g/mol. The molecule has 0 N–H and O–H groups in total. The van der Waals surface area contributed by atoms with Crippen molar-refractivity contribution >= 4 is 45.1 Å². The molecule has 9 heteroatoms. The number of nitrogens with zero attached hydrogens (tertiary/aromatic N) is 2.